The first-order valence-corrected chi connectivity index (χ1v) is 32.5. The van der Waals surface area contributed by atoms with Crippen LogP contribution in [0.4, 0.5) is 32.5 Å². The van der Waals surface area contributed by atoms with E-state index in [-0.39, 0.29) is 48.2 Å². The second kappa shape index (κ2) is 39.7. The van der Waals surface area contributed by atoms with Crippen LogP contribution >= 0.6 is 71.0 Å². The van der Waals surface area contributed by atoms with Gasteiger partial charge in [-0.25, -0.2) is 24.4 Å². The van der Waals surface area contributed by atoms with Gasteiger partial charge in [0.15, 0.2) is 0 Å². The maximum absolute atomic E-state index is 12.1. The topological polar surface area (TPSA) is 279 Å². The molecular formula is C64H83BBr3Cl2N13O8. The van der Waals surface area contributed by atoms with Gasteiger partial charge in [-0.2, -0.15) is 0 Å². The number of urea groups is 2. The lowest BCUT2D eigenvalue weighted by atomic mass is 9.79. The van der Waals surface area contributed by atoms with Crippen LogP contribution in [-0.2, 0) is 41.3 Å². The molecule has 0 aliphatic carbocycles. The van der Waals surface area contributed by atoms with Gasteiger partial charge >= 0.3 is 19.2 Å². The number of halogens is 5. The minimum atomic E-state index is -0.404. The Balaban J connectivity index is 0.000000295. The number of aromatic nitrogens is 6. The summed E-state index contributed by atoms with van der Waals surface area (Å²) in [5.41, 5.74) is 15.1. The lowest BCUT2D eigenvalue weighted by Crippen LogP contribution is -2.46. The number of ketones is 2. The van der Waals surface area contributed by atoms with Crippen molar-refractivity contribution in [2.24, 2.45) is 4.99 Å². The molecule has 3 saturated heterocycles. The van der Waals surface area contributed by atoms with Gasteiger partial charge < -0.3 is 31.0 Å². The molecule has 6 aromatic rings. The number of nitrogens with one attached hydrogen (secondary N) is 3. The second-order valence-electron chi connectivity index (χ2n) is 21.8. The Labute approximate surface area is 570 Å². The molecule has 0 aromatic carbocycles. The number of anilines is 4. The highest BCUT2D eigenvalue weighted by Crippen LogP contribution is 2.36. The molecule has 5 N–H and O–H groups in total. The summed E-state index contributed by atoms with van der Waals surface area (Å²) >= 11 is 20.8. The van der Waals surface area contributed by atoms with Crippen molar-refractivity contribution in [3.05, 3.63) is 133 Å². The molecule has 490 valence electrons. The number of nitrogens with two attached hydrogens (primary N) is 1. The van der Waals surface area contributed by atoms with Crippen molar-refractivity contribution in [2.75, 3.05) is 65.3 Å². The van der Waals surface area contributed by atoms with Crippen molar-refractivity contribution in [2.45, 2.75) is 139 Å². The Morgan fingerprint density at radius 3 is 1.77 bits per heavy atom. The van der Waals surface area contributed by atoms with E-state index < -0.39 is 7.12 Å². The van der Waals surface area contributed by atoms with E-state index in [0.717, 1.165) is 126 Å². The van der Waals surface area contributed by atoms with Crippen molar-refractivity contribution >= 4 is 142 Å². The standard InChI is InChI=1S/C17H19N5O2.C14H20BNO3.C12H15BrClNO.C10H12BrN3O.C6H7BrN2.C4H6ClNO.CH4/c1-11-15(22-7-3-5-19-17(22)24)8-14(10-20-11)13-4-6-18-16(9-13)21-12(2)23;1-10(17)8-12-9-11(6-7-16-12)15-18-13(2,3)14(4,5)19-15;1-9-10(6-11(13)8-15-9)7-12(16)4-2-3-5-14;1-7-9(5-8(11)6-13-7)14-4-2-3-12-10(14)15;1-4-6(8)2-5(7)3-9-4;5-2-1-3-6-4-7;/h4,6,8-10H,3,5,7H2,1-2H3,(H,19,24)(H,18,21,23);6-7,9H,8H2,1-5H3;6,8H,2-5,7H2,1H3;5-6H,2-4H2,1H3,(H,12,15);2-3H,8H2,1H3;1-3H2;1H4. The summed E-state index contributed by atoms with van der Waals surface area (Å²) in [4.78, 5) is 99.0. The molecule has 0 spiro atoms. The molecule has 21 nitrogen and oxygen atoms in total. The number of carbonyl (C=O) groups excluding carboxylic acids is 6. The van der Waals surface area contributed by atoms with E-state index in [2.05, 4.69) is 98.6 Å². The molecule has 27 heteroatoms. The highest BCUT2D eigenvalue weighted by atomic mass is 79.9. The fourth-order valence-corrected chi connectivity index (χ4v) is 9.78. The van der Waals surface area contributed by atoms with Crippen LogP contribution < -0.4 is 36.9 Å². The first-order chi connectivity index (χ1) is 42.7. The average Bonchev–Trinajstić information content (AvgIpc) is 1.75. The monoisotopic (exact) mass is 1480 g/mol. The summed E-state index contributed by atoms with van der Waals surface area (Å²) in [6.07, 6.45) is 17.6. The van der Waals surface area contributed by atoms with Crippen LogP contribution in [0.25, 0.3) is 11.1 Å². The lowest BCUT2D eigenvalue weighted by molar-refractivity contribution is -0.118. The number of isocyanates is 1. The number of hydrogen-bond acceptors (Lipinski definition) is 16. The maximum atomic E-state index is 12.1. The number of carbonyl (C=O) groups is 5. The van der Waals surface area contributed by atoms with Crippen LogP contribution in [0.5, 0.6) is 0 Å². The van der Waals surface area contributed by atoms with Crippen LogP contribution in [-0.4, -0.2) is 128 Å². The SMILES string of the molecule is C.CC(=O)Cc1cc(B2OC(C)(C)C(C)(C)O2)ccn1.CC(=O)Nc1cc(-c2cnc(C)c(N3CCCNC3=O)c2)ccn1.Cc1ncc(Br)cc1CC(=O)CCCCCl.Cc1ncc(Br)cc1N.Cc1ncc(Br)cc1N1CCCNC1=O.O=C=NCCCCl. The lowest BCUT2D eigenvalue weighted by Gasteiger charge is -2.32. The maximum Gasteiger partial charge on any atom is 0.494 e. The molecule has 9 rings (SSSR count). The smallest absolute Gasteiger partial charge is 0.399 e. The normalized spacial score (nSPS) is 14.1. The first kappa shape index (κ1) is 78.7. The molecular weight excluding hydrogens is 1400 g/mol. The van der Waals surface area contributed by atoms with Gasteiger partial charge in [0.1, 0.15) is 17.4 Å². The fourth-order valence-electron chi connectivity index (χ4n) is 8.43. The average molecular weight is 1480 g/mol. The molecule has 91 heavy (non-hydrogen) atoms. The number of alkyl halides is 2. The Morgan fingerprint density at radius 1 is 0.692 bits per heavy atom. The Hall–Kier alpha value is -6.57. The van der Waals surface area contributed by atoms with Gasteiger partial charge in [-0.3, -0.25) is 49.1 Å². The number of nitrogens with zero attached hydrogens (tertiary/aromatic N) is 9. The number of nitrogen functional groups attached to an aromatic ring is 1. The van der Waals surface area contributed by atoms with Crippen LogP contribution in [0, 0.1) is 27.7 Å². The molecule has 3 aliphatic rings. The Kier molecular flexibility index (Phi) is 34.4. The molecule has 0 radical (unpaired) electrons. The van der Waals surface area contributed by atoms with E-state index >= 15 is 0 Å². The molecule has 0 saturated carbocycles. The number of hydrogen-bond donors (Lipinski definition) is 4. The van der Waals surface area contributed by atoms with Gasteiger partial charge in [-0.15, -0.1) is 23.2 Å². The van der Waals surface area contributed by atoms with Crippen LogP contribution in [0.3, 0.4) is 0 Å². The second-order valence-corrected chi connectivity index (χ2v) is 25.3. The minimum absolute atomic E-state index is 0. The Bertz CT molecular complexity index is 3420. The fraction of sp³-hybridized carbons (Fsp3) is 0.438. The number of pyridine rings is 6. The summed E-state index contributed by atoms with van der Waals surface area (Å²) in [5, 5.41) is 8.34. The zero-order valence-electron chi connectivity index (χ0n) is 52.5. The highest BCUT2D eigenvalue weighted by Gasteiger charge is 2.51. The predicted octanol–water partition coefficient (Wildman–Crippen LogP) is 12.9. The number of Topliss-reactive ketones (excluding diaryl/α,β-unsaturated/α-hetero) is 2. The van der Waals surface area contributed by atoms with E-state index in [0.29, 0.717) is 56.5 Å². The molecule has 0 bridgehead atoms. The van der Waals surface area contributed by atoms with Gasteiger partial charge in [-0.1, -0.05) is 7.43 Å². The highest BCUT2D eigenvalue weighted by molar-refractivity contribution is 9.11. The van der Waals surface area contributed by atoms with E-state index in [9.17, 15) is 28.8 Å². The van der Waals surface area contributed by atoms with Crippen molar-refractivity contribution in [3.63, 3.8) is 0 Å². The molecule has 3 aliphatic heterocycles. The molecule has 0 unspecified atom stereocenters. The number of rotatable bonds is 16. The third kappa shape index (κ3) is 26.9. The van der Waals surface area contributed by atoms with E-state index in [4.69, 9.17) is 38.2 Å². The van der Waals surface area contributed by atoms with Gasteiger partial charge in [0.2, 0.25) is 12.0 Å². The first-order valence-electron chi connectivity index (χ1n) is 29.1. The van der Waals surface area contributed by atoms with Crippen molar-refractivity contribution in [1.29, 1.82) is 0 Å². The third-order valence-electron chi connectivity index (χ3n) is 14.0. The quantitative estimate of drug-likeness (QED) is 0.0230. The molecule has 0 atom stereocenters. The summed E-state index contributed by atoms with van der Waals surface area (Å²) in [5.74, 6) is 1.85. The van der Waals surface area contributed by atoms with Gasteiger partial charge in [-0.05, 0) is 207 Å². The largest absolute Gasteiger partial charge is 0.494 e. The van der Waals surface area contributed by atoms with Crippen molar-refractivity contribution < 1.29 is 38.1 Å². The summed E-state index contributed by atoms with van der Waals surface area (Å²) in [6.45, 7) is 22.1. The zero-order valence-corrected chi connectivity index (χ0v) is 58.8. The molecule has 9 heterocycles. The minimum Gasteiger partial charge on any atom is -0.399 e. The van der Waals surface area contributed by atoms with Gasteiger partial charge in [0.25, 0.3) is 0 Å². The van der Waals surface area contributed by atoms with Gasteiger partial charge in [0.05, 0.1) is 51.9 Å². The summed E-state index contributed by atoms with van der Waals surface area (Å²) < 4.78 is 14.7. The number of aliphatic imine (C=N–C) groups is 1. The molecule has 5 amide bonds. The summed E-state index contributed by atoms with van der Waals surface area (Å²) in [6, 6.07) is 14.9. The van der Waals surface area contributed by atoms with Gasteiger partial charge in [0, 0.05) is 132 Å². The third-order valence-corrected chi connectivity index (χ3v) is 15.8. The number of amides is 5. The Morgan fingerprint density at radius 2 is 1.23 bits per heavy atom. The molecule has 6 aromatic heterocycles. The van der Waals surface area contributed by atoms with Crippen LogP contribution in [0.1, 0.15) is 122 Å². The molecule has 3 fully saturated rings. The van der Waals surface area contributed by atoms with Crippen molar-refractivity contribution in [1.82, 2.24) is 40.5 Å². The van der Waals surface area contributed by atoms with E-state index in [1.54, 1.807) is 60.0 Å². The number of aryl methyl sites for hydroxylation is 4. The van der Waals surface area contributed by atoms with E-state index in [1.165, 1.54) is 13.0 Å². The van der Waals surface area contributed by atoms with E-state index in [1.807, 2.05) is 97.9 Å². The number of unbranched alkanes of at least 4 members (excludes halogenated alkanes) is 1. The predicted molar refractivity (Wildman–Crippen MR) is 374 cm³/mol. The zero-order chi connectivity index (χ0) is 66.6. The van der Waals surface area contributed by atoms with Crippen LogP contribution in [0.2, 0.25) is 0 Å². The van der Waals surface area contributed by atoms with Crippen LogP contribution in [0.15, 0.2) is 104 Å². The van der Waals surface area contributed by atoms with Crippen molar-refractivity contribution in [3.8, 4) is 11.1 Å². The summed E-state index contributed by atoms with van der Waals surface area (Å²) in [7, 11) is -0.404.